The number of piperidine rings is 1. The van der Waals surface area contributed by atoms with Crippen molar-refractivity contribution in [2.24, 2.45) is 16.1 Å². The number of nitrogens with two attached hydrogens (primary N) is 3. The van der Waals surface area contributed by atoms with Crippen molar-refractivity contribution in [2.45, 2.75) is 25.7 Å². The fourth-order valence-electron chi connectivity index (χ4n) is 3.71. The predicted molar refractivity (Wildman–Crippen MR) is 124 cm³/mol. The molecule has 3 rings (SSSR count). The van der Waals surface area contributed by atoms with Crippen molar-refractivity contribution in [3.63, 3.8) is 0 Å². The maximum absolute atomic E-state index is 12.5. The van der Waals surface area contributed by atoms with E-state index < -0.39 is 5.91 Å². The number of anilines is 2. The van der Waals surface area contributed by atoms with Crippen molar-refractivity contribution in [3.05, 3.63) is 46.7 Å². The van der Waals surface area contributed by atoms with E-state index in [9.17, 15) is 4.79 Å². The van der Waals surface area contributed by atoms with Gasteiger partial charge in [0.1, 0.15) is 0 Å². The van der Waals surface area contributed by atoms with E-state index in [4.69, 9.17) is 28.8 Å². The number of amides is 1. The van der Waals surface area contributed by atoms with Crippen molar-refractivity contribution in [1.29, 1.82) is 0 Å². The zero-order chi connectivity index (χ0) is 22.4. The third-order valence-electron chi connectivity index (χ3n) is 5.78. The van der Waals surface area contributed by atoms with E-state index in [1.165, 1.54) is 5.56 Å². The first-order valence-electron chi connectivity index (χ1n) is 10.2. The number of guanidine groups is 1. The molecule has 0 unspecified atom stereocenters. The summed E-state index contributed by atoms with van der Waals surface area (Å²) in [7, 11) is 2.13. The third kappa shape index (κ3) is 6.05. The first-order chi connectivity index (χ1) is 14.8. The highest BCUT2D eigenvalue weighted by Crippen LogP contribution is 2.36. The minimum absolute atomic E-state index is 0.0113. The number of carbonyl (C=O) groups excluding carboxylic acids is 1. The first-order valence-corrected chi connectivity index (χ1v) is 10.6. The summed E-state index contributed by atoms with van der Waals surface area (Å²) in [5.74, 6) is -0.783. The Morgan fingerprint density at radius 2 is 1.87 bits per heavy atom. The smallest absolute Gasteiger partial charge is 0.280 e. The summed E-state index contributed by atoms with van der Waals surface area (Å²) < 4.78 is 0. The minimum atomic E-state index is -0.630. The van der Waals surface area contributed by atoms with Crippen LogP contribution in [0.25, 0.3) is 0 Å². The van der Waals surface area contributed by atoms with Crippen LogP contribution in [-0.4, -0.2) is 53.4 Å². The van der Waals surface area contributed by atoms with Crippen LogP contribution in [-0.2, 0) is 6.42 Å². The van der Waals surface area contributed by atoms with Gasteiger partial charge in [-0.2, -0.15) is 0 Å². The van der Waals surface area contributed by atoms with Gasteiger partial charge in [-0.15, -0.1) is 0 Å². The molecular weight excluding hydrogens is 416 g/mol. The van der Waals surface area contributed by atoms with Gasteiger partial charge in [0.05, 0.1) is 0 Å². The molecule has 1 aliphatic rings. The maximum Gasteiger partial charge on any atom is 0.280 e. The number of hydrogen-bond donors (Lipinski definition) is 4. The van der Waals surface area contributed by atoms with E-state index >= 15 is 0 Å². The van der Waals surface area contributed by atoms with E-state index in [2.05, 4.69) is 56.5 Å². The van der Waals surface area contributed by atoms with Gasteiger partial charge in [-0.3, -0.25) is 15.1 Å². The van der Waals surface area contributed by atoms with E-state index in [0.717, 1.165) is 38.8 Å². The molecule has 1 aliphatic heterocycles. The van der Waals surface area contributed by atoms with Crippen LogP contribution in [0.4, 0.5) is 11.6 Å². The lowest BCUT2D eigenvalue weighted by Gasteiger charge is -2.40. The Kier molecular flexibility index (Phi) is 7.29. The summed E-state index contributed by atoms with van der Waals surface area (Å²) in [6.07, 6.45) is 4.02. The van der Waals surface area contributed by atoms with Gasteiger partial charge < -0.3 is 22.1 Å². The molecule has 166 valence electrons. The van der Waals surface area contributed by atoms with Gasteiger partial charge in [0, 0.05) is 6.54 Å². The number of aliphatic imine (C=N–C) groups is 1. The molecule has 2 aromatic rings. The average Bonchev–Trinajstić information content (AvgIpc) is 2.76. The molecule has 0 saturated carbocycles. The maximum atomic E-state index is 12.5. The van der Waals surface area contributed by atoms with E-state index in [1.54, 1.807) is 0 Å². The molecule has 1 fully saturated rings. The molecule has 0 bridgehead atoms. The van der Waals surface area contributed by atoms with Gasteiger partial charge in [0.25, 0.3) is 5.91 Å². The molecule has 7 N–H and O–H groups in total. The van der Waals surface area contributed by atoms with Gasteiger partial charge in [-0.25, -0.2) is 9.97 Å². The van der Waals surface area contributed by atoms with Gasteiger partial charge in [-0.1, -0.05) is 41.9 Å². The van der Waals surface area contributed by atoms with Crippen LogP contribution in [0.2, 0.25) is 5.15 Å². The van der Waals surface area contributed by atoms with Crippen LogP contribution in [0.15, 0.2) is 35.3 Å². The standard InChI is InChI=1S/C21H29ClN8O/c1-30-11-9-21(10-12-30,8-7-14-5-3-2-4-6-14)13-26-20(25)29-19(31)15-17(23)28-18(24)16(22)27-15/h2-6H,7-13H2,1H3,(H4,23,24,28)(H3,25,26,29,31). The molecular formula is C21H29ClN8O. The second-order valence-corrected chi connectivity index (χ2v) is 8.44. The van der Waals surface area contributed by atoms with E-state index in [0.29, 0.717) is 6.54 Å². The molecule has 1 amide bonds. The van der Waals surface area contributed by atoms with Gasteiger partial charge in [-0.05, 0) is 56.8 Å². The molecule has 1 aromatic heterocycles. The number of nitrogen functional groups attached to an aromatic ring is 2. The van der Waals surface area contributed by atoms with Crippen LogP contribution in [0, 0.1) is 5.41 Å². The Labute approximate surface area is 187 Å². The molecule has 1 saturated heterocycles. The van der Waals surface area contributed by atoms with Gasteiger partial charge >= 0.3 is 0 Å². The molecule has 0 aliphatic carbocycles. The zero-order valence-electron chi connectivity index (χ0n) is 17.6. The van der Waals surface area contributed by atoms with Crippen molar-refractivity contribution in [2.75, 3.05) is 38.1 Å². The molecule has 0 radical (unpaired) electrons. The predicted octanol–water partition coefficient (Wildman–Crippen LogP) is 1.68. The van der Waals surface area contributed by atoms with Crippen molar-refractivity contribution < 1.29 is 4.79 Å². The Morgan fingerprint density at radius 3 is 2.55 bits per heavy atom. The summed E-state index contributed by atoms with van der Waals surface area (Å²) in [5.41, 5.74) is 18.5. The number of nitrogens with one attached hydrogen (secondary N) is 1. The van der Waals surface area contributed by atoms with Crippen LogP contribution in [0.1, 0.15) is 35.3 Å². The summed E-state index contributed by atoms with van der Waals surface area (Å²) in [6, 6.07) is 10.4. The lowest BCUT2D eigenvalue weighted by Crippen LogP contribution is -2.42. The highest BCUT2D eigenvalue weighted by molar-refractivity contribution is 6.31. The Hall–Kier alpha value is -2.91. The average molecular weight is 445 g/mol. The lowest BCUT2D eigenvalue weighted by atomic mass is 9.74. The topological polar surface area (TPSA) is 149 Å². The quantitative estimate of drug-likeness (QED) is 0.391. The summed E-state index contributed by atoms with van der Waals surface area (Å²) in [5, 5.41) is 2.42. The molecule has 31 heavy (non-hydrogen) atoms. The van der Waals surface area contributed by atoms with Crippen molar-refractivity contribution in [3.8, 4) is 0 Å². The largest absolute Gasteiger partial charge is 0.382 e. The van der Waals surface area contributed by atoms with Crippen molar-refractivity contribution >= 4 is 35.1 Å². The number of carbonyl (C=O) groups is 1. The van der Waals surface area contributed by atoms with Crippen LogP contribution < -0.4 is 22.5 Å². The first kappa shape index (κ1) is 22.8. The van der Waals surface area contributed by atoms with Crippen LogP contribution in [0.5, 0.6) is 0 Å². The number of aromatic nitrogens is 2. The summed E-state index contributed by atoms with van der Waals surface area (Å²) in [6.45, 7) is 2.54. The van der Waals surface area contributed by atoms with Gasteiger partial charge in [0.2, 0.25) is 0 Å². The highest BCUT2D eigenvalue weighted by atomic mass is 35.5. The summed E-state index contributed by atoms with van der Waals surface area (Å²) in [4.78, 5) is 27.0. The number of aryl methyl sites for hydroxylation is 1. The molecule has 9 nitrogen and oxygen atoms in total. The Balaban J connectivity index is 1.67. The molecule has 1 aromatic carbocycles. The number of halogens is 1. The van der Waals surface area contributed by atoms with Crippen LogP contribution >= 0.6 is 11.6 Å². The number of benzene rings is 1. The minimum Gasteiger partial charge on any atom is -0.382 e. The molecule has 0 spiro atoms. The monoisotopic (exact) mass is 444 g/mol. The number of nitrogens with zero attached hydrogens (tertiary/aromatic N) is 4. The second kappa shape index (κ2) is 9.93. The third-order valence-corrected chi connectivity index (χ3v) is 6.06. The van der Waals surface area contributed by atoms with Gasteiger partial charge in [0.15, 0.2) is 28.4 Å². The fourth-order valence-corrected chi connectivity index (χ4v) is 3.84. The van der Waals surface area contributed by atoms with Crippen LogP contribution in [0.3, 0.4) is 0 Å². The Morgan fingerprint density at radius 1 is 1.19 bits per heavy atom. The van der Waals surface area contributed by atoms with E-state index in [1.807, 2.05) is 6.07 Å². The second-order valence-electron chi connectivity index (χ2n) is 8.08. The molecule has 2 heterocycles. The highest BCUT2D eigenvalue weighted by Gasteiger charge is 2.33. The zero-order valence-corrected chi connectivity index (χ0v) is 18.4. The fraction of sp³-hybridized carbons (Fsp3) is 0.429. The SMILES string of the molecule is CN1CCC(CCc2ccccc2)(CN=C(N)NC(=O)c2nc(Cl)c(N)nc2N)CC1. The normalized spacial score (nSPS) is 16.8. The number of hydrogen-bond acceptors (Lipinski definition) is 7. The number of likely N-dealkylation sites (tertiary alicyclic amines) is 1. The Bertz CT molecular complexity index is 942. The summed E-state index contributed by atoms with van der Waals surface area (Å²) >= 11 is 5.84. The van der Waals surface area contributed by atoms with E-state index in [-0.39, 0.29) is 33.9 Å². The molecule has 10 heteroatoms. The lowest BCUT2D eigenvalue weighted by molar-refractivity contribution is 0.0971. The number of rotatable bonds is 6. The van der Waals surface area contributed by atoms with Crippen molar-refractivity contribution in [1.82, 2.24) is 20.2 Å². The molecule has 0 atom stereocenters.